The predicted octanol–water partition coefficient (Wildman–Crippen LogP) is 2.35. The second-order valence-electron chi connectivity index (χ2n) is 8.58. The van der Waals surface area contributed by atoms with E-state index in [2.05, 4.69) is 60.3 Å². The number of fused-ring (bicyclic) bond motifs is 1. The van der Waals surface area contributed by atoms with Crippen LogP contribution in [0.1, 0.15) is 50.8 Å². The molecule has 1 heterocycles. The highest BCUT2D eigenvalue weighted by Gasteiger charge is 2.39. The molecule has 0 spiro atoms. The van der Waals surface area contributed by atoms with Gasteiger partial charge in [-0.25, -0.2) is 0 Å². The average molecular weight is 400 g/mol. The third-order valence-electron chi connectivity index (χ3n) is 6.22. The minimum Gasteiger partial charge on any atom is -0.366 e. The van der Waals surface area contributed by atoms with E-state index in [1.165, 1.54) is 11.1 Å². The van der Waals surface area contributed by atoms with E-state index >= 15 is 0 Å². The Morgan fingerprint density at radius 2 is 2.07 bits per heavy atom. The number of carbonyl (C=O) groups excluding carboxylic acids is 2. The number of carbonyl (C=O) groups is 2. The van der Waals surface area contributed by atoms with Crippen molar-refractivity contribution in [2.45, 2.75) is 63.8 Å². The molecule has 1 unspecified atom stereocenters. The van der Waals surface area contributed by atoms with Crippen LogP contribution < -0.4 is 10.6 Å². The molecule has 29 heavy (non-hydrogen) atoms. The van der Waals surface area contributed by atoms with Gasteiger partial charge >= 0.3 is 0 Å². The van der Waals surface area contributed by atoms with Crippen LogP contribution in [0.3, 0.4) is 0 Å². The molecule has 1 aromatic carbocycles. The Kier molecular flexibility index (Phi) is 6.56. The Balaban J connectivity index is 1.64. The van der Waals surface area contributed by atoms with Gasteiger partial charge in [-0.05, 0) is 50.6 Å². The van der Waals surface area contributed by atoms with E-state index in [1.807, 2.05) is 13.8 Å². The van der Waals surface area contributed by atoms with Crippen LogP contribution in [0.2, 0.25) is 0 Å². The highest BCUT2D eigenvalue weighted by Crippen LogP contribution is 2.39. The summed E-state index contributed by atoms with van der Waals surface area (Å²) in [7, 11) is 2.13. The smallest absolute Gasteiger partial charge is 0.243 e. The fourth-order valence-corrected chi connectivity index (χ4v) is 4.17. The number of likely N-dealkylation sites (N-methyl/N-ethyl adjacent to an activating group) is 1. The van der Waals surface area contributed by atoms with Gasteiger partial charge < -0.3 is 10.1 Å². The van der Waals surface area contributed by atoms with E-state index in [4.69, 9.17) is 4.74 Å². The molecule has 1 saturated heterocycles. The van der Waals surface area contributed by atoms with Gasteiger partial charge in [0.05, 0.1) is 23.8 Å². The maximum atomic E-state index is 12.0. The van der Waals surface area contributed by atoms with Gasteiger partial charge in [0.15, 0.2) is 0 Å². The molecule has 0 radical (unpaired) electrons. The standard InChI is InChI=1S/C23H33N3O3/c1-6-26(5)21-17-10-8-7-9-16(17)13-19(21)29-23(3,4)15(2)14-24-18-11-12-20(27)25-22(18)28/h7-10,18-19,21,24H,2,6,11-14H2,1,3-5H3,(H,25,27,28)/t18?,19-,21-/m0/s1. The van der Waals surface area contributed by atoms with Gasteiger partial charge in [-0.15, -0.1) is 0 Å². The molecule has 158 valence electrons. The zero-order valence-corrected chi connectivity index (χ0v) is 18.0. The van der Waals surface area contributed by atoms with Crippen molar-refractivity contribution in [2.24, 2.45) is 0 Å². The molecule has 6 nitrogen and oxygen atoms in total. The summed E-state index contributed by atoms with van der Waals surface area (Å²) < 4.78 is 6.63. The van der Waals surface area contributed by atoms with Crippen LogP contribution in [0.25, 0.3) is 0 Å². The molecule has 3 rings (SSSR count). The van der Waals surface area contributed by atoms with E-state index in [-0.39, 0.29) is 30.0 Å². The van der Waals surface area contributed by atoms with Crippen LogP contribution in [0.15, 0.2) is 36.4 Å². The second-order valence-corrected chi connectivity index (χ2v) is 8.58. The van der Waals surface area contributed by atoms with Gasteiger partial charge in [-0.2, -0.15) is 0 Å². The lowest BCUT2D eigenvalue weighted by atomic mass is 9.97. The number of nitrogens with zero attached hydrogens (tertiary/aromatic N) is 1. The summed E-state index contributed by atoms with van der Waals surface area (Å²) in [6.45, 7) is 11.9. The largest absolute Gasteiger partial charge is 0.366 e. The topological polar surface area (TPSA) is 70.7 Å². The lowest BCUT2D eigenvalue weighted by molar-refractivity contribution is -0.134. The third-order valence-corrected chi connectivity index (χ3v) is 6.22. The SMILES string of the molecule is C=C(CNC1CCC(=O)NC1=O)C(C)(C)O[C@H]1Cc2ccccc2[C@@H]1N(C)CC. The second kappa shape index (κ2) is 8.78. The van der Waals surface area contributed by atoms with Gasteiger partial charge in [0.25, 0.3) is 0 Å². The Labute approximate surface area is 173 Å². The maximum absolute atomic E-state index is 12.0. The monoisotopic (exact) mass is 399 g/mol. The molecule has 0 aromatic heterocycles. The number of hydrogen-bond donors (Lipinski definition) is 2. The van der Waals surface area contributed by atoms with E-state index in [0.29, 0.717) is 19.4 Å². The highest BCUT2D eigenvalue weighted by molar-refractivity contribution is 6.00. The van der Waals surface area contributed by atoms with E-state index in [1.54, 1.807) is 0 Å². The van der Waals surface area contributed by atoms with E-state index in [0.717, 1.165) is 18.5 Å². The van der Waals surface area contributed by atoms with Crippen LogP contribution in [0.5, 0.6) is 0 Å². The van der Waals surface area contributed by atoms with Gasteiger partial charge in [0, 0.05) is 19.4 Å². The Hall–Kier alpha value is -2.02. The molecule has 6 heteroatoms. The van der Waals surface area contributed by atoms with Crippen LogP contribution in [-0.2, 0) is 20.7 Å². The van der Waals surface area contributed by atoms with E-state index < -0.39 is 5.60 Å². The number of rotatable bonds is 8. The molecule has 2 amide bonds. The van der Waals surface area contributed by atoms with Crippen molar-refractivity contribution < 1.29 is 14.3 Å². The number of benzene rings is 1. The summed E-state index contributed by atoms with van der Waals surface area (Å²) in [4.78, 5) is 25.6. The number of amides is 2. The first kappa shape index (κ1) is 21.7. The number of nitrogens with one attached hydrogen (secondary N) is 2. The van der Waals surface area contributed by atoms with Gasteiger partial charge in [0.2, 0.25) is 11.8 Å². The molecule has 1 aliphatic carbocycles. The lowest BCUT2D eigenvalue weighted by Gasteiger charge is -2.37. The molecule has 0 bridgehead atoms. The Bertz CT molecular complexity index is 789. The summed E-state index contributed by atoms with van der Waals surface area (Å²) in [5.74, 6) is -0.467. The molecule has 2 N–H and O–H groups in total. The van der Waals surface area contributed by atoms with Crippen molar-refractivity contribution >= 4 is 11.8 Å². The van der Waals surface area contributed by atoms with Gasteiger partial charge in [0.1, 0.15) is 0 Å². The molecule has 1 aliphatic heterocycles. The number of hydrogen-bond acceptors (Lipinski definition) is 5. The van der Waals surface area contributed by atoms with E-state index in [9.17, 15) is 9.59 Å². The summed E-state index contributed by atoms with van der Waals surface area (Å²) in [5, 5.41) is 5.61. The number of imide groups is 1. The zero-order valence-electron chi connectivity index (χ0n) is 18.0. The average Bonchev–Trinajstić information content (AvgIpc) is 3.03. The maximum Gasteiger partial charge on any atom is 0.243 e. The fraction of sp³-hybridized carbons (Fsp3) is 0.565. The predicted molar refractivity (Wildman–Crippen MR) is 113 cm³/mol. The molecule has 1 aromatic rings. The molecule has 3 atom stereocenters. The zero-order chi connectivity index (χ0) is 21.2. The van der Waals surface area contributed by atoms with Crippen molar-refractivity contribution in [2.75, 3.05) is 20.1 Å². The van der Waals surface area contributed by atoms with Crippen LogP contribution in [-0.4, -0.2) is 54.6 Å². The molecule has 0 saturated carbocycles. The van der Waals surface area contributed by atoms with Crippen LogP contribution in [0, 0.1) is 0 Å². The highest BCUT2D eigenvalue weighted by atomic mass is 16.5. The molecular formula is C23H33N3O3. The third kappa shape index (κ3) is 4.77. The molecular weight excluding hydrogens is 366 g/mol. The molecule has 1 fully saturated rings. The first-order valence-electron chi connectivity index (χ1n) is 10.4. The summed E-state index contributed by atoms with van der Waals surface area (Å²) in [5.41, 5.74) is 3.01. The first-order chi connectivity index (χ1) is 13.7. The van der Waals surface area contributed by atoms with Gasteiger partial charge in [-0.1, -0.05) is 37.8 Å². The van der Waals surface area contributed by atoms with Crippen molar-refractivity contribution in [3.05, 3.63) is 47.5 Å². The number of ether oxygens (including phenoxy) is 1. The fourth-order valence-electron chi connectivity index (χ4n) is 4.17. The first-order valence-corrected chi connectivity index (χ1v) is 10.4. The summed E-state index contributed by atoms with van der Waals surface area (Å²) in [6, 6.07) is 8.40. The minimum absolute atomic E-state index is 0.0414. The van der Waals surface area contributed by atoms with Crippen molar-refractivity contribution in [1.29, 1.82) is 0 Å². The van der Waals surface area contributed by atoms with Gasteiger partial charge in [-0.3, -0.25) is 19.8 Å². The summed E-state index contributed by atoms with van der Waals surface area (Å²) in [6.07, 6.45) is 1.80. The van der Waals surface area contributed by atoms with Crippen molar-refractivity contribution in [3.63, 3.8) is 0 Å². The minimum atomic E-state index is -0.548. The Morgan fingerprint density at radius 3 is 2.76 bits per heavy atom. The normalized spacial score (nSPS) is 24.5. The van der Waals surface area contributed by atoms with Crippen LogP contribution in [0.4, 0.5) is 0 Å². The molecule has 2 aliphatic rings. The van der Waals surface area contributed by atoms with Crippen molar-refractivity contribution in [3.8, 4) is 0 Å². The van der Waals surface area contributed by atoms with Crippen molar-refractivity contribution in [1.82, 2.24) is 15.5 Å². The summed E-state index contributed by atoms with van der Waals surface area (Å²) >= 11 is 0. The number of piperidine rings is 1. The lowest BCUT2D eigenvalue weighted by Crippen LogP contribution is -2.52. The van der Waals surface area contributed by atoms with Crippen LogP contribution >= 0.6 is 0 Å². The Morgan fingerprint density at radius 1 is 1.34 bits per heavy atom. The quantitative estimate of drug-likeness (QED) is 0.519.